The number of ether oxygens (including phenoxy) is 1. The van der Waals surface area contributed by atoms with Crippen LogP contribution in [0.2, 0.25) is 0 Å². The molecule has 3 heterocycles. The van der Waals surface area contributed by atoms with Crippen LogP contribution in [0.4, 0.5) is 5.69 Å². The molecular weight excluding hydrogens is 486 g/mol. The Morgan fingerprint density at radius 2 is 1.76 bits per heavy atom. The highest BCUT2D eigenvalue weighted by molar-refractivity contribution is 7.91. The summed E-state index contributed by atoms with van der Waals surface area (Å²) in [6.07, 6.45) is 2.75. The first-order chi connectivity index (χ1) is 15.7. The second kappa shape index (κ2) is 9.71. The number of benzene rings is 1. The van der Waals surface area contributed by atoms with Gasteiger partial charge in [-0.2, -0.15) is 8.61 Å². The number of thiophene rings is 1. The molecule has 12 heteroatoms. The predicted molar refractivity (Wildman–Crippen MR) is 125 cm³/mol. The molecular formula is C21H27N3O6S3. The van der Waals surface area contributed by atoms with E-state index in [1.54, 1.807) is 17.5 Å². The zero-order valence-electron chi connectivity index (χ0n) is 18.3. The van der Waals surface area contributed by atoms with E-state index in [1.807, 2.05) is 0 Å². The second-order valence-electron chi connectivity index (χ2n) is 8.10. The monoisotopic (exact) mass is 513 g/mol. The largest absolute Gasteiger partial charge is 0.495 e. The first-order valence-corrected chi connectivity index (χ1v) is 14.5. The Hall–Kier alpha value is -1.99. The molecule has 0 aliphatic carbocycles. The van der Waals surface area contributed by atoms with Gasteiger partial charge in [-0.15, -0.1) is 11.3 Å². The lowest BCUT2D eigenvalue weighted by molar-refractivity contribution is -0.120. The highest BCUT2D eigenvalue weighted by Crippen LogP contribution is 2.32. The molecule has 2 saturated heterocycles. The third kappa shape index (κ3) is 4.94. The Labute approximate surface area is 198 Å². The predicted octanol–water partition coefficient (Wildman–Crippen LogP) is 2.58. The lowest BCUT2D eigenvalue weighted by atomic mass is 9.98. The van der Waals surface area contributed by atoms with Gasteiger partial charge in [-0.05, 0) is 55.3 Å². The summed E-state index contributed by atoms with van der Waals surface area (Å²) in [4.78, 5) is 13.2. The van der Waals surface area contributed by atoms with Gasteiger partial charge in [0.25, 0.3) is 10.0 Å². The number of methoxy groups -OCH3 is 1. The number of carbonyl (C=O) groups is 1. The van der Waals surface area contributed by atoms with E-state index in [9.17, 15) is 21.6 Å². The molecule has 2 aliphatic heterocycles. The molecule has 180 valence electrons. The number of carbonyl (C=O) groups excluding carboxylic acids is 1. The summed E-state index contributed by atoms with van der Waals surface area (Å²) in [5.41, 5.74) is 0.251. The SMILES string of the molecule is COc1ccc(S(=O)(=O)N2CCCC2)cc1NC(=O)[C@H]1CCCN(S(=O)(=O)c2cccs2)C1. The molecule has 1 atom stereocenters. The molecule has 9 nitrogen and oxygen atoms in total. The van der Waals surface area contributed by atoms with Crippen molar-refractivity contribution in [3.8, 4) is 5.75 Å². The van der Waals surface area contributed by atoms with Crippen molar-refractivity contribution >= 4 is 43.0 Å². The minimum atomic E-state index is -3.66. The van der Waals surface area contributed by atoms with Gasteiger partial charge in [-0.1, -0.05) is 6.07 Å². The molecule has 33 heavy (non-hydrogen) atoms. The van der Waals surface area contributed by atoms with Crippen LogP contribution in [0.1, 0.15) is 25.7 Å². The molecule has 4 rings (SSSR count). The van der Waals surface area contributed by atoms with Crippen LogP contribution >= 0.6 is 11.3 Å². The van der Waals surface area contributed by atoms with Crippen LogP contribution in [0.15, 0.2) is 44.8 Å². The van der Waals surface area contributed by atoms with Gasteiger partial charge in [0.2, 0.25) is 15.9 Å². The fourth-order valence-electron chi connectivity index (χ4n) is 4.17. The van der Waals surface area contributed by atoms with Crippen molar-refractivity contribution in [3.05, 3.63) is 35.7 Å². The molecule has 2 aliphatic rings. The van der Waals surface area contributed by atoms with Crippen molar-refractivity contribution in [2.45, 2.75) is 34.8 Å². The van der Waals surface area contributed by atoms with E-state index in [-0.39, 0.29) is 27.2 Å². The van der Waals surface area contributed by atoms with Crippen LogP contribution < -0.4 is 10.1 Å². The van der Waals surface area contributed by atoms with E-state index >= 15 is 0 Å². The minimum absolute atomic E-state index is 0.0696. The molecule has 0 spiro atoms. The Balaban J connectivity index is 1.53. The van der Waals surface area contributed by atoms with Gasteiger partial charge in [0, 0.05) is 26.2 Å². The minimum Gasteiger partial charge on any atom is -0.495 e. The van der Waals surface area contributed by atoms with Crippen molar-refractivity contribution in [1.82, 2.24) is 8.61 Å². The number of nitrogens with one attached hydrogen (secondary N) is 1. The summed E-state index contributed by atoms with van der Waals surface area (Å²) in [7, 11) is -5.86. The molecule has 2 aromatic rings. The van der Waals surface area contributed by atoms with E-state index in [4.69, 9.17) is 4.74 Å². The van der Waals surface area contributed by atoms with E-state index in [0.29, 0.717) is 38.2 Å². The first-order valence-electron chi connectivity index (χ1n) is 10.8. The number of hydrogen-bond acceptors (Lipinski definition) is 7. The second-order valence-corrected chi connectivity index (χ2v) is 13.1. The zero-order valence-corrected chi connectivity index (χ0v) is 20.7. The number of piperidine rings is 1. The number of sulfonamides is 2. The van der Waals surface area contributed by atoms with Crippen molar-refractivity contribution in [2.75, 3.05) is 38.6 Å². The smallest absolute Gasteiger partial charge is 0.252 e. The van der Waals surface area contributed by atoms with Gasteiger partial charge in [0.15, 0.2) is 0 Å². The number of hydrogen-bond donors (Lipinski definition) is 1. The number of rotatable bonds is 7. The number of anilines is 1. The van der Waals surface area contributed by atoms with Crippen LogP contribution in [-0.2, 0) is 24.8 Å². The van der Waals surface area contributed by atoms with Crippen molar-refractivity contribution in [1.29, 1.82) is 0 Å². The van der Waals surface area contributed by atoms with Crippen molar-refractivity contribution in [2.24, 2.45) is 5.92 Å². The Morgan fingerprint density at radius 3 is 2.42 bits per heavy atom. The molecule has 1 aromatic carbocycles. The zero-order chi connectivity index (χ0) is 23.6. The fraction of sp³-hybridized carbons (Fsp3) is 0.476. The summed E-state index contributed by atoms with van der Waals surface area (Å²) in [6, 6.07) is 7.64. The summed E-state index contributed by atoms with van der Waals surface area (Å²) in [6.45, 7) is 1.39. The third-order valence-corrected chi connectivity index (χ3v) is 11.1. The topological polar surface area (TPSA) is 113 Å². The maximum Gasteiger partial charge on any atom is 0.252 e. The van der Waals surface area contributed by atoms with Crippen LogP contribution in [-0.4, -0.2) is 64.6 Å². The fourth-order valence-corrected chi connectivity index (χ4v) is 8.38. The maximum atomic E-state index is 13.1. The molecule has 2 fully saturated rings. The van der Waals surface area contributed by atoms with Gasteiger partial charge in [0.1, 0.15) is 9.96 Å². The lowest BCUT2D eigenvalue weighted by Gasteiger charge is -2.31. The summed E-state index contributed by atoms with van der Waals surface area (Å²) in [5.74, 6) is -0.588. The summed E-state index contributed by atoms with van der Waals surface area (Å²) in [5, 5.41) is 4.48. The standard InChI is InChI=1S/C21H27N3O6S3/c1-30-19-9-8-17(32(26,27)23-10-2-3-11-23)14-18(19)22-21(25)16-6-4-12-24(15-16)33(28,29)20-7-5-13-31-20/h5,7-9,13-14,16H,2-4,6,10-12,15H2,1H3,(H,22,25)/t16-/m0/s1. The van der Waals surface area contributed by atoms with Crippen molar-refractivity contribution in [3.63, 3.8) is 0 Å². The Morgan fingerprint density at radius 1 is 1.03 bits per heavy atom. The molecule has 1 amide bonds. The van der Waals surface area contributed by atoms with Crippen LogP contribution in [0, 0.1) is 5.92 Å². The lowest BCUT2D eigenvalue weighted by Crippen LogP contribution is -2.43. The maximum absolute atomic E-state index is 13.1. The normalized spacial score (nSPS) is 20.6. The van der Waals surface area contributed by atoms with Crippen LogP contribution in [0.3, 0.4) is 0 Å². The molecule has 1 aromatic heterocycles. The number of nitrogens with zero attached hydrogens (tertiary/aromatic N) is 2. The summed E-state index contributed by atoms with van der Waals surface area (Å²) < 4.78 is 60.0. The molecule has 0 bridgehead atoms. The average Bonchev–Trinajstić information content (AvgIpc) is 3.54. The molecule has 0 saturated carbocycles. The summed E-state index contributed by atoms with van der Waals surface area (Å²) >= 11 is 1.15. The first kappa shape index (κ1) is 24.1. The van der Waals surface area contributed by atoms with Gasteiger partial charge in [0.05, 0.1) is 23.6 Å². The molecule has 0 radical (unpaired) electrons. The van der Waals surface area contributed by atoms with Gasteiger partial charge >= 0.3 is 0 Å². The Bertz CT molecular complexity index is 1210. The molecule has 0 unspecified atom stereocenters. The highest BCUT2D eigenvalue weighted by atomic mass is 32.2. The van der Waals surface area contributed by atoms with Crippen LogP contribution in [0.5, 0.6) is 5.75 Å². The average molecular weight is 514 g/mol. The van der Waals surface area contributed by atoms with Gasteiger partial charge in [-0.3, -0.25) is 4.79 Å². The van der Waals surface area contributed by atoms with Gasteiger partial charge < -0.3 is 10.1 Å². The van der Waals surface area contributed by atoms with Gasteiger partial charge in [-0.25, -0.2) is 16.8 Å². The molecule has 1 N–H and O–H groups in total. The van der Waals surface area contributed by atoms with E-state index in [2.05, 4.69) is 5.32 Å². The highest BCUT2D eigenvalue weighted by Gasteiger charge is 2.34. The number of amides is 1. The van der Waals surface area contributed by atoms with Crippen molar-refractivity contribution < 1.29 is 26.4 Å². The van der Waals surface area contributed by atoms with E-state index in [1.165, 1.54) is 33.9 Å². The third-order valence-electron chi connectivity index (χ3n) is 5.98. The van der Waals surface area contributed by atoms with E-state index in [0.717, 1.165) is 24.2 Å². The quantitative estimate of drug-likeness (QED) is 0.609. The Kier molecular flexibility index (Phi) is 7.10. The van der Waals surface area contributed by atoms with E-state index < -0.39 is 26.0 Å². The van der Waals surface area contributed by atoms with Crippen LogP contribution in [0.25, 0.3) is 0 Å².